The van der Waals surface area contributed by atoms with Crippen molar-refractivity contribution in [3.05, 3.63) is 47.3 Å². The summed E-state index contributed by atoms with van der Waals surface area (Å²) in [6.45, 7) is -0.525. The highest BCUT2D eigenvalue weighted by Gasteiger charge is 2.15. The summed E-state index contributed by atoms with van der Waals surface area (Å²) < 4.78 is 30.2. The minimum absolute atomic E-state index is 0.0253. The predicted octanol–water partition coefficient (Wildman–Crippen LogP) is 2.60. The van der Waals surface area contributed by atoms with Crippen molar-refractivity contribution >= 4 is 5.91 Å². The molecule has 2 aromatic rings. The topological polar surface area (TPSA) is 47.4 Å². The van der Waals surface area contributed by atoms with Crippen LogP contribution in [0.2, 0.25) is 0 Å². The van der Waals surface area contributed by atoms with Gasteiger partial charge < -0.3 is 9.64 Å². The number of ether oxygens (including phenoxy) is 1. The molecular weight excluding hydrogens is 292 g/mol. The third-order valence-corrected chi connectivity index (χ3v) is 3.42. The summed E-state index contributed by atoms with van der Waals surface area (Å²) >= 11 is 0. The van der Waals surface area contributed by atoms with E-state index in [1.807, 2.05) is 14.0 Å². The number of benzene rings is 1. The molecule has 0 saturated heterocycles. The second-order valence-electron chi connectivity index (χ2n) is 4.94. The molecule has 0 radical (unpaired) electrons. The number of amides is 1. The molecule has 0 saturated carbocycles. The molecule has 0 atom stereocenters. The number of carbonyl (C=O) groups excluding carboxylic acids is 1. The molecule has 0 bridgehead atoms. The second kappa shape index (κ2) is 6.55. The first-order valence-corrected chi connectivity index (χ1v) is 6.66. The van der Waals surface area contributed by atoms with E-state index in [2.05, 4.69) is 9.84 Å². The number of nitrogens with zero attached hydrogens (tertiary/aromatic N) is 3. The highest BCUT2D eigenvalue weighted by atomic mass is 19.3. The summed E-state index contributed by atoms with van der Waals surface area (Å²) in [6.07, 6.45) is 1.72. The molecule has 5 nitrogen and oxygen atoms in total. The van der Waals surface area contributed by atoms with Crippen molar-refractivity contribution in [2.45, 2.75) is 20.1 Å². The van der Waals surface area contributed by atoms with Gasteiger partial charge in [0.05, 0.1) is 6.20 Å². The molecule has 2 rings (SSSR count). The third-order valence-electron chi connectivity index (χ3n) is 3.42. The van der Waals surface area contributed by atoms with E-state index in [1.54, 1.807) is 22.8 Å². The molecule has 0 unspecified atom stereocenters. The van der Waals surface area contributed by atoms with E-state index in [0.717, 1.165) is 11.3 Å². The maximum Gasteiger partial charge on any atom is 0.387 e. The number of hydrogen-bond acceptors (Lipinski definition) is 3. The van der Waals surface area contributed by atoms with Crippen LogP contribution in [0, 0.1) is 6.92 Å². The van der Waals surface area contributed by atoms with Gasteiger partial charge in [-0.05, 0) is 31.2 Å². The van der Waals surface area contributed by atoms with Crippen molar-refractivity contribution in [2.24, 2.45) is 7.05 Å². The van der Waals surface area contributed by atoms with Crippen molar-refractivity contribution in [1.82, 2.24) is 14.7 Å². The van der Waals surface area contributed by atoms with E-state index in [4.69, 9.17) is 0 Å². The molecule has 0 aliphatic rings. The SMILES string of the molecule is Cc1c(CN(C)C(=O)c2ccc(OC(F)F)cc2)cnn1C. The normalized spacial score (nSPS) is 10.8. The third kappa shape index (κ3) is 3.60. The Bertz CT molecular complexity index is 653. The highest BCUT2D eigenvalue weighted by Crippen LogP contribution is 2.17. The van der Waals surface area contributed by atoms with E-state index in [9.17, 15) is 13.6 Å². The lowest BCUT2D eigenvalue weighted by atomic mass is 10.1. The Hall–Kier alpha value is -2.44. The average molecular weight is 309 g/mol. The van der Waals surface area contributed by atoms with Crippen molar-refractivity contribution in [3.63, 3.8) is 0 Å². The molecule has 0 aliphatic carbocycles. The maximum atomic E-state index is 12.3. The number of rotatable bonds is 5. The smallest absolute Gasteiger partial charge is 0.387 e. The lowest BCUT2D eigenvalue weighted by molar-refractivity contribution is -0.0498. The van der Waals surface area contributed by atoms with E-state index >= 15 is 0 Å². The average Bonchev–Trinajstić information content (AvgIpc) is 2.78. The Labute approximate surface area is 127 Å². The van der Waals surface area contributed by atoms with Crippen LogP contribution >= 0.6 is 0 Å². The van der Waals surface area contributed by atoms with Crippen LogP contribution in [-0.2, 0) is 13.6 Å². The molecule has 0 aliphatic heterocycles. The minimum atomic E-state index is -2.88. The van der Waals surface area contributed by atoms with Gasteiger partial charge in [0, 0.05) is 37.5 Å². The van der Waals surface area contributed by atoms with Gasteiger partial charge in [-0.2, -0.15) is 13.9 Å². The molecule has 118 valence electrons. The molecule has 1 heterocycles. The van der Waals surface area contributed by atoms with Crippen LogP contribution in [-0.4, -0.2) is 34.2 Å². The molecule has 1 aromatic heterocycles. The zero-order valence-electron chi connectivity index (χ0n) is 12.6. The first kappa shape index (κ1) is 15.9. The Balaban J connectivity index is 2.05. The van der Waals surface area contributed by atoms with Crippen molar-refractivity contribution in [2.75, 3.05) is 7.05 Å². The summed E-state index contributed by atoms with van der Waals surface area (Å²) in [6, 6.07) is 5.63. The molecule has 7 heteroatoms. The number of halogens is 2. The molecule has 0 N–H and O–H groups in total. The van der Waals surface area contributed by atoms with E-state index < -0.39 is 6.61 Å². The number of alkyl halides is 2. The maximum absolute atomic E-state index is 12.3. The van der Waals surface area contributed by atoms with Gasteiger partial charge in [0.2, 0.25) is 0 Å². The number of aromatic nitrogens is 2. The van der Waals surface area contributed by atoms with E-state index in [0.29, 0.717) is 12.1 Å². The molecule has 1 amide bonds. The number of hydrogen-bond donors (Lipinski definition) is 0. The van der Waals surface area contributed by atoms with Crippen LogP contribution in [0.5, 0.6) is 5.75 Å². The van der Waals surface area contributed by atoms with Gasteiger partial charge in [-0.3, -0.25) is 9.48 Å². The van der Waals surface area contributed by atoms with Crippen molar-refractivity contribution in [3.8, 4) is 5.75 Å². The quantitative estimate of drug-likeness (QED) is 0.853. The summed E-state index contributed by atoms with van der Waals surface area (Å²) in [4.78, 5) is 13.9. The van der Waals surface area contributed by atoms with Gasteiger partial charge in [0.1, 0.15) is 5.75 Å². The summed E-state index contributed by atoms with van der Waals surface area (Å²) in [5.41, 5.74) is 2.35. The fourth-order valence-electron chi connectivity index (χ4n) is 2.03. The van der Waals surface area contributed by atoms with E-state index in [-0.39, 0.29) is 11.7 Å². The van der Waals surface area contributed by atoms with Crippen LogP contribution in [0.3, 0.4) is 0 Å². The van der Waals surface area contributed by atoms with Crippen molar-refractivity contribution < 1.29 is 18.3 Å². The molecule has 0 fully saturated rings. The Kier molecular flexibility index (Phi) is 4.75. The van der Waals surface area contributed by atoms with E-state index in [1.165, 1.54) is 24.3 Å². The zero-order chi connectivity index (χ0) is 16.3. The second-order valence-corrected chi connectivity index (χ2v) is 4.94. The van der Waals surface area contributed by atoms with Gasteiger partial charge in [-0.15, -0.1) is 0 Å². The van der Waals surface area contributed by atoms with Crippen LogP contribution in [0.1, 0.15) is 21.6 Å². The lowest BCUT2D eigenvalue weighted by Gasteiger charge is -2.17. The first-order chi connectivity index (χ1) is 10.4. The Morgan fingerprint density at radius 1 is 1.36 bits per heavy atom. The minimum Gasteiger partial charge on any atom is -0.435 e. The van der Waals surface area contributed by atoms with Crippen molar-refractivity contribution in [1.29, 1.82) is 0 Å². The number of aryl methyl sites for hydroxylation is 1. The molecule has 22 heavy (non-hydrogen) atoms. The number of carbonyl (C=O) groups is 1. The molecule has 0 spiro atoms. The van der Waals surface area contributed by atoms with Crippen LogP contribution < -0.4 is 4.74 Å². The fraction of sp³-hybridized carbons (Fsp3) is 0.333. The Morgan fingerprint density at radius 3 is 2.50 bits per heavy atom. The van der Waals surface area contributed by atoms with Crippen LogP contribution in [0.4, 0.5) is 8.78 Å². The summed E-state index contributed by atoms with van der Waals surface area (Å²) in [5, 5.41) is 4.13. The predicted molar refractivity (Wildman–Crippen MR) is 76.8 cm³/mol. The fourth-order valence-corrected chi connectivity index (χ4v) is 2.03. The summed E-state index contributed by atoms with van der Waals surface area (Å²) in [5.74, 6) is -0.177. The molecule has 1 aromatic carbocycles. The standard InChI is InChI=1S/C15H17F2N3O2/c1-10-12(8-18-20(10)3)9-19(2)14(21)11-4-6-13(7-5-11)22-15(16)17/h4-8,15H,9H2,1-3H3. The zero-order valence-corrected chi connectivity index (χ0v) is 12.6. The van der Waals surface area contributed by atoms with Gasteiger partial charge in [-0.25, -0.2) is 0 Å². The van der Waals surface area contributed by atoms with Gasteiger partial charge in [0.15, 0.2) is 0 Å². The largest absolute Gasteiger partial charge is 0.435 e. The molecular formula is C15H17F2N3O2. The monoisotopic (exact) mass is 309 g/mol. The van der Waals surface area contributed by atoms with Gasteiger partial charge in [-0.1, -0.05) is 0 Å². The highest BCUT2D eigenvalue weighted by molar-refractivity contribution is 5.94. The Morgan fingerprint density at radius 2 is 2.00 bits per heavy atom. The van der Waals surface area contributed by atoms with Crippen LogP contribution in [0.25, 0.3) is 0 Å². The van der Waals surface area contributed by atoms with Gasteiger partial charge >= 0.3 is 6.61 Å². The first-order valence-electron chi connectivity index (χ1n) is 6.66. The summed E-state index contributed by atoms with van der Waals surface area (Å²) in [7, 11) is 3.51. The van der Waals surface area contributed by atoms with Crippen LogP contribution in [0.15, 0.2) is 30.5 Å². The van der Waals surface area contributed by atoms with Gasteiger partial charge in [0.25, 0.3) is 5.91 Å². The lowest BCUT2D eigenvalue weighted by Crippen LogP contribution is -2.26.